The number of nitrogens with zero attached hydrogens (tertiary/aromatic N) is 4. The van der Waals surface area contributed by atoms with Crippen LogP contribution in [0.4, 0.5) is 11.6 Å². The van der Waals surface area contributed by atoms with Gasteiger partial charge in [-0.2, -0.15) is 0 Å². The molecule has 2 aromatic rings. The number of benzene rings is 1. The van der Waals surface area contributed by atoms with Crippen molar-refractivity contribution < 1.29 is 14.3 Å². The van der Waals surface area contributed by atoms with Gasteiger partial charge in [-0.3, -0.25) is 9.36 Å². The molecule has 0 spiro atoms. The molecule has 4 rings (SSSR count). The van der Waals surface area contributed by atoms with Crippen molar-refractivity contribution in [2.24, 2.45) is 0 Å². The summed E-state index contributed by atoms with van der Waals surface area (Å²) in [5, 5.41) is 12.6. The number of aromatic nitrogens is 3. The van der Waals surface area contributed by atoms with Gasteiger partial charge in [-0.15, -0.1) is 10.2 Å². The number of ether oxygens (including phenoxy) is 1. The molecule has 1 saturated carbocycles. The van der Waals surface area contributed by atoms with Gasteiger partial charge in [0.15, 0.2) is 5.16 Å². The fourth-order valence-corrected chi connectivity index (χ4v) is 4.54. The molecule has 2 aliphatic rings. The Bertz CT molecular complexity index is 920. The molecule has 9 heteroatoms. The first-order chi connectivity index (χ1) is 15.7. The van der Waals surface area contributed by atoms with Crippen molar-refractivity contribution in [1.29, 1.82) is 0 Å². The lowest BCUT2D eigenvalue weighted by Crippen LogP contribution is -2.32. The number of anilines is 2. The number of rotatable bonds is 10. The Kier molecular flexibility index (Phi) is 7.68. The fraction of sp³-hybridized carbons (Fsp3) is 0.565. The van der Waals surface area contributed by atoms with Crippen LogP contribution in [-0.4, -0.2) is 52.1 Å². The molecule has 8 nitrogen and oxygen atoms in total. The zero-order valence-electron chi connectivity index (χ0n) is 18.6. The molecular weight excluding hydrogens is 426 g/mol. The van der Waals surface area contributed by atoms with Gasteiger partial charge in [0.1, 0.15) is 0 Å². The SMILES string of the molecule is CCCCOC(=O)c1ccc(NC(=O)CSc2nnc(N3CCCCC3)n2C2CC2)cc1. The fourth-order valence-electron chi connectivity index (χ4n) is 3.74. The summed E-state index contributed by atoms with van der Waals surface area (Å²) in [7, 11) is 0. The first kappa shape index (κ1) is 22.6. The van der Waals surface area contributed by atoms with Crippen molar-refractivity contribution in [2.45, 2.75) is 63.1 Å². The Morgan fingerprint density at radius 2 is 1.88 bits per heavy atom. The summed E-state index contributed by atoms with van der Waals surface area (Å²) in [6.45, 7) is 4.53. The molecule has 0 bridgehead atoms. The van der Waals surface area contributed by atoms with E-state index in [1.807, 2.05) is 6.92 Å². The molecule has 32 heavy (non-hydrogen) atoms. The molecule has 1 amide bonds. The number of esters is 1. The summed E-state index contributed by atoms with van der Waals surface area (Å²) >= 11 is 1.42. The summed E-state index contributed by atoms with van der Waals surface area (Å²) in [6, 6.07) is 7.24. The van der Waals surface area contributed by atoms with E-state index < -0.39 is 0 Å². The molecule has 1 aromatic heterocycles. The van der Waals surface area contributed by atoms with Crippen molar-refractivity contribution in [3.8, 4) is 0 Å². The van der Waals surface area contributed by atoms with Gasteiger partial charge in [-0.25, -0.2) is 4.79 Å². The number of thioether (sulfide) groups is 1. The number of nitrogens with one attached hydrogen (secondary N) is 1. The minimum Gasteiger partial charge on any atom is -0.462 e. The van der Waals surface area contributed by atoms with Gasteiger partial charge < -0.3 is 15.0 Å². The summed E-state index contributed by atoms with van der Waals surface area (Å²) in [6.07, 6.45) is 7.78. The normalized spacial score (nSPS) is 16.1. The van der Waals surface area contributed by atoms with Crippen LogP contribution in [0, 0.1) is 0 Å². The van der Waals surface area contributed by atoms with Crippen LogP contribution in [0.5, 0.6) is 0 Å². The molecule has 172 valence electrons. The van der Waals surface area contributed by atoms with Crippen LogP contribution < -0.4 is 10.2 Å². The molecule has 1 saturated heterocycles. The van der Waals surface area contributed by atoms with Crippen LogP contribution in [0.3, 0.4) is 0 Å². The highest BCUT2D eigenvalue weighted by molar-refractivity contribution is 7.99. The third-order valence-corrected chi connectivity index (χ3v) is 6.61. The average Bonchev–Trinajstić information content (AvgIpc) is 3.57. The lowest BCUT2D eigenvalue weighted by atomic mass is 10.1. The second-order valence-corrected chi connectivity index (χ2v) is 9.28. The number of piperidine rings is 1. The van der Waals surface area contributed by atoms with Crippen molar-refractivity contribution in [1.82, 2.24) is 14.8 Å². The molecular formula is C23H31N5O3S. The van der Waals surface area contributed by atoms with E-state index in [4.69, 9.17) is 4.74 Å². The predicted molar refractivity (Wildman–Crippen MR) is 125 cm³/mol. The van der Waals surface area contributed by atoms with Crippen LogP contribution in [0.2, 0.25) is 0 Å². The quantitative estimate of drug-likeness (QED) is 0.323. The first-order valence-corrected chi connectivity index (χ1v) is 12.5. The highest BCUT2D eigenvalue weighted by atomic mass is 32.2. The summed E-state index contributed by atoms with van der Waals surface area (Å²) < 4.78 is 7.43. The minimum atomic E-state index is -0.337. The van der Waals surface area contributed by atoms with E-state index in [1.165, 1.54) is 31.0 Å². The number of carbonyl (C=O) groups excluding carboxylic acids is 2. The Hall–Kier alpha value is -2.55. The maximum Gasteiger partial charge on any atom is 0.338 e. The minimum absolute atomic E-state index is 0.113. The van der Waals surface area contributed by atoms with Crippen molar-refractivity contribution in [2.75, 3.05) is 35.7 Å². The molecule has 2 heterocycles. The van der Waals surface area contributed by atoms with E-state index in [9.17, 15) is 9.59 Å². The third-order valence-electron chi connectivity index (χ3n) is 5.67. The van der Waals surface area contributed by atoms with Gasteiger partial charge >= 0.3 is 5.97 Å². The van der Waals surface area contributed by atoms with E-state index in [0.29, 0.717) is 23.9 Å². The second-order valence-electron chi connectivity index (χ2n) is 8.34. The maximum absolute atomic E-state index is 12.5. The van der Waals surface area contributed by atoms with Crippen LogP contribution in [0.1, 0.15) is 68.3 Å². The van der Waals surface area contributed by atoms with Crippen molar-refractivity contribution >= 4 is 35.3 Å². The highest BCUT2D eigenvalue weighted by Crippen LogP contribution is 2.41. The molecule has 0 unspecified atom stereocenters. The number of amides is 1. The first-order valence-electron chi connectivity index (χ1n) is 11.6. The predicted octanol–water partition coefficient (Wildman–Crippen LogP) is 4.29. The Morgan fingerprint density at radius 3 is 2.56 bits per heavy atom. The van der Waals surface area contributed by atoms with E-state index in [0.717, 1.165) is 49.9 Å². The zero-order valence-corrected chi connectivity index (χ0v) is 19.4. The Labute approximate surface area is 193 Å². The van der Waals surface area contributed by atoms with Crippen LogP contribution >= 0.6 is 11.8 Å². The lowest BCUT2D eigenvalue weighted by Gasteiger charge is -2.27. The summed E-state index contributed by atoms with van der Waals surface area (Å²) in [4.78, 5) is 26.8. The summed E-state index contributed by atoms with van der Waals surface area (Å²) in [5.41, 5.74) is 1.13. The highest BCUT2D eigenvalue weighted by Gasteiger charge is 2.32. The lowest BCUT2D eigenvalue weighted by molar-refractivity contribution is -0.113. The van der Waals surface area contributed by atoms with Crippen LogP contribution in [0.15, 0.2) is 29.4 Å². The standard InChI is InChI=1S/C23H31N5O3S/c1-2-3-15-31-21(30)17-7-9-18(10-8-17)24-20(29)16-32-23-26-25-22(28(23)19-11-12-19)27-13-5-4-6-14-27/h7-10,19H,2-6,11-16H2,1H3,(H,24,29). The van der Waals surface area contributed by atoms with Gasteiger partial charge in [0.2, 0.25) is 11.9 Å². The smallest absolute Gasteiger partial charge is 0.338 e. The largest absolute Gasteiger partial charge is 0.462 e. The molecule has 1 N–H and O–H groups in total. The van der Waals surface area contributed by atoms with E-state index >= 15 is 0 Å². The Morgan fingerprint density at radius 1 is 1.12 bits per heavy atom. The number of hydrogen-bond donors (Lipinski definition) is 1. The number of carbonyl (C=O) groups is 2. The molecule has 2 fully saturated rings. The molecule has 1 aliphatic heterocycles. The number of unbranched alkanes of at least 4 members (excludes halogenated alkanes) is 1. The van der Waals surface area contributed by atoms with Gasteiger partial charge in [-0.1, -0.05) is 25.1 Å². The topological polar surface area (TPSA) is 89.3 Å². The molecule has 1 aromatic carbocycles. The van der Waals surface area contributed by atoms with E-state index in [2.05, 4.69) is 25.0 Å². The van der Waals surface area contributed by atoms with Crippen LogP contribution in [-0.2, 0) is 9.53 Å². The van der Waals surface area contributed by atoms with Gasteiger partial charge in [-0.05, 0) is 62.8 Å². The van der Waals surface area contributed by atoms with Crippen LogP contribution in [0.25, 0.3) is 0 Å². The van der Waals surface area contributed by atoms with E-state index in [1.54, 1.807) is 24.3 Å². The average molecular weight is 458 g/mol. The van der Waals surface area contributed by atoms with Gasteiger partial charge in [0.25, 0.3) is 0 Å². The maximum atomic E-state index is 12.5. The zero-order chi connectivity index (χ0) is 22.3. The molecule has 0 atom stereocenters. The molecule has 1 aliphatic carbocycles. The summed E-state index contributed by atoms with van der Waals surface area (Å²) in [5.74, 6) is 0.761. The van der Waals surface area contributed by atoms with Gasteiger partial charge in [0, 0.05) is 24.8 Å². The third kappa shape index (κ3) is 5.82. The van der Waals surface area contributed by atoms with Crippen molar-refractivity contribution in [3.63, 3.8) is 0 Å². The van der Waals surface area contributed by atoms with E-state index in [-0.39, 0.29) is 17.6 Å². The monoisotopic (exact) mass is 457 g/mol. The number of hydrogen-bond acceptors (Lipinski definition) is 7. The second kappa shape index (κ2) is 10.8. The van der Waals surface area contributed by atoms with Crippen molar-refractivity contribution in [3.05, 3.63) is 29.8 Å². The Balaban J connectivity index is 1.30. The molecule has 0 radical (unpaired) electrons. The van der Waals surface area contributed by atoms with Gasteiger partial charge in [0.05, 0.1) is 17.9 Å².